The molecule has 0 atom stereocenters. The van der Waals surface area contributed by atoms with E-state index in [-0.39, 0.29) is 38.0 Å². The molecule has 149 valence electrons. The molecule has 3 rings (SSSR count). The predicted octanol–water partition coefficient (Wildman–Crippen LogP) is 2.52. The Bertz CT molecular complexity index is 734. The van der Waals surface area contributed by atoms with Gasteiger partial charge in [-0.05, 0) is 42.0 Å². The minimum atomic E-state index is -0.220. The van der Waals surface area contributed by atoms with Gasteiger partial charge in [-0.2, -0.15) is 0 Å². The minimum Gasteiger partial charge on any atom is -0.800 e. The second-order valence-corrected chi connectivity index (χ2v) is 7.18. The van der Waals surface area contributed by atoms with Crippen LogP contribution in [0.15, 0.2) is 53.5 Å². The number of rotatable bonds is 5. The Hall–Kier alpha value is -0.970. The molecule has 1 saturated heterocycles. The van der Waals surface area contributed by atoms with Gasteiger partial charge in [-0.1, -0.05) is 12.1 Å². The van der Waals surface area contributed by atoms with Gasteiger partial charge in [-0.25, -0.2) is 4.71 Å². The summed E-state index contributed by atoms with van der Waals surface area (Å²) in [5, 5.41) is 17.9. The van der Waals surface area contributed by atoms with Gasteiger partial charge in [0.25, 0.3) is 0 Å². The third-order valence-corrected chi connectivity index (χ3v) is 4.91. The van der Waals surface area contributed by atoms with Crippen LogP contribution in [-0.4, -0.2) is 52.4 Å². The van der Waals surface area contributed by atoms with Gasteiger partial charge < -0.3 is 35.1 Å². The maximum atomic E-state index is 8.93. The minimum absolute atomic E-state index is 0. The first-order valence-electron chi connectivity index (χ1n) is 8.25. The molecule has 2 aromatic rings. The molecule has 0 spiro atoms. The predicted molar refractivity (Wildman–Crippen MR) is 108 cm³/mol. The van der Waals surface area contributed by atoms with E-state index in [1.54, 1.807) is 30.5 Å². The second kappa shape index (κ2) is 10.5. The SMILES string of the molecule is ON(O)c1ccc(N=Cc2ccc(N3CCN(C([S-])[S-])CC3)cc2)cc1.[Au]. The van der Waals surface area contributed by atoms with E-state index in [1.807, 2.05) is 12.1 Å². The van der Waals surface area contributed by atoms with E-state index in [1.165, 1.54) is 5.69 Å². The largest absolute Gasteiger partial charge is 0.800 e. The Balaban J connectivity index is 0.00000261. The normalized spacial score (nSPS) is 15.2. The molecule has 0 bridgehead atoms. The topological polar surface area (TPSA) is 62.5 Å². The zero-order valence-electron chi connectivity index (χ0n) is 14.4. The van der Waals surface area contributed by atoms with Gasteiger partial charge in [0, 0.05) is 60.5 Å². The Kier molecular flexibility index (Phi) is 8.71. The van der Waals surface area contributed by atoms with Crippen LogP contribution in [0, 0.1) is 0 Å². The van der Waals surface area contributed by atoms with Crippen LogP contribution in [0.4, 0.5) is 17.1 Å². The van der Waals surface area contributed by atoms with Crippen molar-refractivity contribution in [2.45, 2.75) is 4.71 Å². The summed E-state index contributed by atoms with van der Waals surface area (Å²) in [7, 11) is 0. The molecule has 6 nitrogen and oxygen atoms in total. The van der Waals surface area contributed by atoms with Crippen molar-refractivity contribution in [1.82, 2.24) is 4.90 Å². The van der Waals surface area contributed by atoms with E-state index >= 15 is 0 Å². The molecule has 1 fully saturated rings. The summed E-state index contributed by atoms with van der Waals surface area (Å²) in [5.74, 6) is 0. The molecule has 0 unspecified atom stereocenters. The first-order valence-corrected chi connectivity index (χ1v) is 9.20. The molecule has 1 heterocycles. The molecule has 27 heavy (non-hydrogen) atoms. The van der Waals surface area contributed by atoms with Gasteiger partial charge in [-0.15, -0.1) is 5.23 Å². The monoisotopic (exact) mass is 585 g/mol. The third-order valence-electron chi connectivity index (χ3n) is 4.31. The van der Waals surface area contributed by atoms with Crippen molar-refractivity contribution in [3.05, 3.63) is 54.1 Å². The summed E-state index contributed by atoms with van der Waals surface area (Å²) in [6.07, 6.45) is 1.78. The van der Waals surface area contributed by atoms with Crippen molar-refractivity contribution >= 4 is 48.5 Å². The standard InChI is InChI=1S/C18H22N4O2S2.Au/c23-22(24)17-7-3-15(4-8-17)19-13-14-1-5-16(6-2-14)20-9-11-21(12-10-20)18(25)26;/h1-8,13,18,23-26H,9-12H2;/p-2. The van der Waals surface area contributed by atoms with Crippen LogP contribution in [0.1, 0.15) is 5.56 Å². The van der Waals surface area contributed by atoms with Gasteiger partial charge in [0.2, 0.25) is 0 Å². The van der Waals surface area contributed by atoms with Crippen LogP contribution in [0.25, 0.3) is 0 Å². The maximum Gasteiger partial charge on any atom is 0.0944 e. The number of hydrogen-bond donors (Lipinski definition) is 2. The fraction of sp³-hybridized carbons (Fsp3) is 0.278. The number of anilines is 2. The van der Waals surface area contributed by atoms with Crippen LogP contribution < -0.4 is 10.1 Å². The molecule has 0 saturated carbocycles. The average Bonchev–Trinajstić information content (AvgIpc) is 2.67. The van der Waals surface area contributed by atoms with E-state index in [0.717, 1.165) is 37.4 Å². The molecule has 9 heteroatoms. The van der Waals surface area contributed by atoms with Crippen molar-refractivity contribution in [3.8, 4) is 0 Å². The Morgan fingerprint density at radius 3 is 2.04 bits per heavy atom. The van der Waals surface area contributed by atoms with Crippen LogP contribution in [-0.2, 0) is 47.6 Å². The molecule has 1 aliphatic heterocycles. The smallest absolute Gasteiger partial charge is 0.0944 e. The number of aliphatic imine (C=N–C) groups is 1. The van der Waals surface area contributed by atoms with E-state index in [9.17, 15) is 0 Å². The number of nitrogens with zero attached hydrogens (tertiary/aromatic N) is 4. The summed E-state index contributed by atoms with van der Waals surface area (Å²) < 4.78 is -0.220. The maximum absolute atomic E-state index is 8.93. The van der Waals surface area contributed by atoms with Gasteiger partial charge in [-0.3, -0.25) is 15.4 Å². The third kappa shape index (κ3) is 6.27. The van der Waals surface area contributed by atoms with Crippen LogP contribution in [0.3, 0.4) is 0 Å². The molecular weight excluding hydrogens is 565 g/mol. The van der Waals surface area contributed by atoms with E-state index < -0.39 is 0 Å². The molecule has 0 aliphatic carbocycles. The molecule has 0 amide bonds. The fourth-order valence-corrected chi connectivity index (χ4v) is 3.20. The van der Waals surface area contributed by atoms with Gasteiger partial charge in [0.1, 0.15) is 0 Å². The molecule has 1 aliphatic rings. The summed E-state index contributed by atoms with van der Waals surface area (Å²) in [6, 6.07) is 14.8. The number of benzene rings is 2. The van der Waals surface area contributed by atoms with Gasteiger partial charge in [0.15, 0.2) is 0 Å². The summed E-state index contributed by atoms with van der Waals surface area (Å²) in [6.45, 7) is 3.65. The molecular formula is C18H20AuN4O2S2-2. The Morgan fingerprint density at radius 2 is 1.52 bits per heavy atom. The fourth-order valence-electron chi connectivity index (χ4n) is 2.78. The second-order valence-electron chi connectivity index (χ2n) is 5.99. The summed E-state index contributed by atoms with van der Waals surface area (Å²) in [4.78, 5) is 8.87. The summed E-state index contributed by atoms with van der Waals surface area (Å²) in [5.41, 5.74) is 3.20. The Labute approximate surface area is 185 Å². The van der Waals surface area contributed by atoms with Crippen LogP contribution >= 0.6 is 0 Å². The van der Waals surface area contributed by atoms with Crippen molar-refractivity contribution in [1.29, 1.82) is 0 Å². The van der Waals surface area contributed by atoms with Crippen molar-refractivity contribution in [2.75, 3.05) is 36.3 Å². The zero-order valence-corrected chi connectivity index (χ0v) is 18.2. The number of hydrogen-bond acceptors (Lipinski definition) is 8. The first kappa shape index (κ1) is 22.3. The molecule has 2 aromatic carbocycles. The van der Waals surface area contributed by atoms with Crippen LogP contribution in [0.5, 0.6) is 0 Å². The molecule has 2 N–H and O–H groups in total. The van der Waals surface area contributed by atoms with Crippen molar-refractivity contribution in [3.63, 3.8) is 0 Å². The summed E-state index contributed by atoms with van der Waals surface area (Å²) >= 11 is 10.3. The average molecular weight is 585 g/mol. The van der Waals surface area contributed by atoms with Gasteiger partial charge >= 0.3 is 0 Å². The molecule has 1 radical (unpaired) electrons. The van der Waals surface area contributed by atoms with Crippen molar-refractivity contribution < 1.29 is 32.8 Å². The quantitative estimate of drug-likeness (QED) is 0.242. The zero-order chi connectivity index (χ0) is 18.5. The first-order chi connectivity index (χ1) is 12.5. The van der Waals surface area contributed by atoms with Crippen molar-refractivity contribution in [2.24, 2.45) is 4.99 Å². The molecule has 0 aromatic heterocycles. The van der Waals surface area contributed by atoms with E-state index in [2.05, 4.69) is 26.9 Å². The van der Waals surface area contributed by atoms with E-state index in [0.29, 0.717) is 0 Å². The number of piperazine rings is 1. The van der Waals surface area contributed by atoms with Gasteiger partial charge in [0.05, 0.1) is 11.4 Å². The van der Waals surface area contributed by atoms with Crippen LogP contribution in [0.2, 0.25) is 0 Å². The Morgan fingerprint density at radius 1 is 0.926 bits per heavy atom. The van der Waals surface area contributed by atoms with E-state index in [4.69, 9.17) is 35.7 Å².